The van der Waals surface area contributed by atoms with Gasteiger partial charge in [-0.15, -0.1) is 0 Å². The molecule has 0 bridgehead atoms. The van der Waals surface area contributed by atoms with Crippen molar-refractivity contribution in [2.24, 2.45) is 0 Å². The van der Waals surface area contributed by atoms with Crippen LogP contribution < -0.4 is 0 Å². The smallest absolute Gasteiger partial charge is 0.303 e. The molecule has 0 aromatic heterocycles. The number of rotatable bonds is 2. The third kappa shape index (κ3) is 2.15. The van der Waals surface area contributed by atoms with Gasteiger partial charge in [-0.1, -0.05) is 6.58 Å². The Labute approximate surface area is 128 Å². The van der Waals surface area contributed by atoms with E-state index >= 15 is 0 Å². The molecule has 7 nitrogen and oxygen atoms in total. The molecule has 3 rings (SSSR count). The van der Waals surface area contributed by atoms with E-state index in [0.29, 0.717) is 12.0 Å². The molecule has 22 heavy (non-hydrogen) atoms. The van der Waals surface area contributed by atoms with Crippen molar-refractivity contribution in [2.45, 2.75) is 70.1 Å². The molecule has 7 heteroatoms. The van der Waals surface area contributed by atoms with E-state index < -0.39 is 47.9 Å². The molecule has 5 atom stereocenters. The van der Waals surface area contributed by atoms with Crippen LogP contribution in [0.15, 0.2) is 12.2 Å². The molecule has 0 aromatic carbocycles. The quantitative estimate of drug-likeness (QED) is 0.557. The highest BCUT2D eigenvalue weighted by Crippen LogP contribution is 2.54. The summed E-state index contributed by atoms with van der Waals surface area (Å²) in [5, 5.41) is 0. The monoisotopic (exact) mass is 312 g/mol. The zero-order chi connectivity index (χ0) is 16.3. The van der Waals surface area contributed by atoms with Crippen molar-refractivity contribution < 1.29 is 33.3 Å². The summed E-state index contributed by atoms with van der Waals surface area (Å²) in [6.45, 7) is 10.1. The predicted molar refractivity (Wildman–Crippen MR) is 72.5 cm³/mol. The van der Waals surface area contributed by atoms with E-state index in [1.54, 1.807) is 13.8 Å². The molecule has 0 unspecified atom stereocenters. The van der Waals surface area contributed by atoms with Crippen molar-refractivity contribution in [2.75, 3.05) is 0 Å². The molecule has 3 fully saturated rings. The SMILES string of the molecule is C=C1C[C@@H](OC(C)=O)[C@H]2O[C@@H]3OC(C)(C)O[C@@H]3[C@@]12OC(C)=O. The van der Waals surface area contributed by atoms with Crippen LogP contribution in [0, 0.1) is 0 Å². The molecule has 0 amide bonds. The van der Waals surface area contributed by atoms with Gasteiger partial charge in [-0.3, -0.25) is 9.59 Å². The topological polar surface area (TPSA) is 80.3 Å². The Hall–Kier alpha value is -1.44. The molecule has 3 aliphatic rings. The molecule has 122 valence electrons. The molecule has 2 aliphatic heterocycles. The van der Waals surface area contributed by atoms with Gasteiger partial charge in [-0.05, 0) is 19.4 Å². The van der Waals surface area contributed by atoms with Gasteiger partial charge in [0.2, 0.25) is 0 Å². The van der Waals surface area contributed by atoms with Crippen LogP contribution in [0.4, 0.5) is 0 Å². The van der Waals surface area contributed by atoms with E-state index in [9.17, 15) is 9.59 Å². The van der Waals surface area contributed by atoms with Crippen LogP contribution >= 0.6 is 0 Å². The lowest BCUT2D eigenvalue weighted by Crippen LogP contribution is -2.52. The first-order valence-electron chi connectivity index (χ1n) is 7.22. The standard InChI is InChI=1S/C15H20O7/c1-7-6-10(18-8(2)16)11-15(7,20-9(3)17)12-13(19-11)22-14(4,5)21-12/h10-13H,1,6H2,2-5H3/t10-,11-,12+,13-,15-/m1/s1. The van der Waals surface area contributed by atoms with E-state index in [0.717, 1.165) is 0 Å². The molecule has 0 radical (unpaired) electrons. The molecule has 0 aromatic rings. The molecule has 2 heterocycles. The van der Waals surface area contributed by atoms with Crippen molar-refractivity contribution in [1.29, 1.82) is 0 Å². The number of carbonyl (C=O) groups excluding carboxylic acids is 2. The first kappa shape index (κ1) is 15.5. The Balaban J connectivity index is 1.98. The summed E-state index contributed by atoms with van der Waals surface area (Å²) >= 11 is 0. The minimum absolute atomic E-state index is 0.352. The highest BCUT2D eigenvalue weighted by atomic mass is 16.8. The Morgan fingerprint density at radius 3 is 2.45 bits per heavy atom. The zero-order valence-electron chi connectivity index (χ0n) is 13.1. The fourth-order valence-electron chi connectivity index (χ4n) is 3.55. The Morgan fingerprint density at radius 1 is 1.18 bits per heavy atom. The number of esters is 2. The average molecular weight is 312 g/mol. The number of fused-ring (bicyclic) bond motifs is 3. The van der Waals surface area contributed by atoms with Crippen LogP contribution in [0.2, 0.25) is 0 Å². The molecular formula is C15H20O7. The summed E-state index contributed by atoms with van der Waals surface area (Å²) in [6, 6.07) is 0. The van der Waals surface area contributed by atoms with Crippen LogP contribution in [-0.4, -0.2) is 47.9 Å². The van der Waals surface area contributed by atoms with Gasteiger partial charge in [-0.2, -0.15) is 0 Å². The first-order chi connectivity index (χ1) is 10.2. The maximum absolute atomic E-state index is 11.6. The Morgan fingerprint density at radius 2 is 1.86 bits per heavy atom. The van der Waals surface area contributed by atoms with Crippen molar-refractivity contribution in [3.63, 3.8) is 0 Å². The Bertz CT molecular complexity index is 540. The molecule has 2 saturated heterocycles. The van der Waals surface area contributed by atoms with Gasteiger partial charge < -0.3 is 23.7 Å². The maximum atomic E-state index is 11.6. The molecular weight excluding hydrogens is 292 g/mol. The summed E-state index contributed by atoms with van der Waals surface area (Å²) in [4.78, 5) is 22.9. The van der Waals surface area contributed by atoms with Gasteiger partial charge in [0.25, 0.3) is 0 Å². The van der Waals surface area contributed by atoms with Crippen LogP contribution in [0.5, 0.6) is 0 Å². The van der Waals surface area contributed by atoms with Gasteiger partial charge in [-0.25, -0.2) is 0 Å². The summed E-state index contributed by atoms with van der Waals surface area (Å²) < 4.78 is 28.3. The van der Waals surface area contributed by atoms with Crippen LogP contribution in [0.1, 0.15) is 34.1 Å². The normalized spacial score (nSPS) is 41.9. The van der Waals surface area contributed by atoms with Gasteiger partial charge in [0.05, 0.1) is 0 Å². The lowest BCUT2D eigenvalue weighted by molar-refractivity contribution is -0.236. The largest absolute Gasteiger partial charge is 0.459 e. The number of ether oxygens (including phenoxy) is 5. The third-order valence-corrected chi connectivity index (χ3v) is 4.15. The molecule has 0 spiro atoms. The Kier molecular flexibility index (Phi) is 3.36. The predicted octanol–water partition coefficient (Wildman–Crippen LogP) is 1.06. The first-order valence-corrected chi connectivity index (χ1v) is 7.22. The number of hydrogen-bond acceptors (Lipinski definition) is 7. The van der Waals surface area contributed by atoms with E-state index in [4.69, 9.17) is 23.7 Å². The van der Waals surface area contributed by atoms with Crippen molar-refractivity contribution >= 4 is 11.9 Å². The summed E-state index contributed by atoms with van der Waals surface area (Å²) in [6.07, 6.45) is -2.24. The maximum Gasteiger partial charge on any atom is 0.303 e. The molecule has 1 saturated carbocycles. The second kappa shape index (κ2) is 4.78. The lowest BCUT2D eigenvalue weighted by Gasteiger charge is -2.34. The minimum Gasteiger partial charge on any atom is -0.459 e. The van der Waals surface area contributed by atoms with Gasteiger partial charge in [0, 0.05) is 20.3 Å². The van der Waals surface area contributed by atoms with E-state index in [-0.39, 0.29) is 0 Å². The van der Waals surface area contributed by atoms with E-state index in [2.05, 4.69) is 6.58 Å². The van der Waals surface area contributed by atoms with Gasteiger partial charge in [0.15, 0.2) is 23.8 Å². The van der Waals surface area contributed by atoms with Crippen molar-refractivity contribution in [3.05, 3.63) is 12.2 Å². The van der Waals surface area contributed by atoms with E-state index in [1.165, 1.54) is 13.8 Å². The van der Waals surface area contributed by atoms with Crippen molar-refractivity contribution in [1.82, 2.24) is 0 Å². The fraction of sp³-hybridized carbons (Fsp3) is 0.733. The number of carbonyl (C=O) groups is 2. The fourth-order valence-corrected chi connectivity index (χ4v) is 3.55. The highest BCUT2D eigenvalue weighted by Gasteiger charge is 2.72. The van der Waals surface area contributed by atoms with Gasteiger partial charge >= 0.3 is 11.9 Å². The second-order valence-corrected chi connectivity index (χ2v) is 6.32. The summed E-state index contributed by atoms with van der Waals surface area (Å²) in [5.74, 6) is -1.76. The highest BCUT2D eigenvalue weighted by molar-refractivity contribution is 5.68. The zero-order valence-corrected chi connectivity index (χ0v) is 13.1. The van der Waals surface area contributed by atoms with E-state index in [1.807, 2.05) is 0 Å². The van der Waals surface area contributed by atoms with Crippen LogP contribution in [0.3, 0.4) is 0 Å². The summed E-state index contributed by atoms with van der Waals surface area (Å²) in [5.41, 5.74) is -0.586. The summed E-state index contributed by atoms with van der Waals surface area (Å²) in [7, 11) is 0. The van der Waals surface area contributed by atoms with Crippen LogP contribution in [0.25, 0.3) is 0 Å². The second-order valence-electron chi connectivity index (χ2n) is 6.32. The number of hydrogen-bond donors (Lipinski definition) is 0. The lowest BCUT2D eigenvalue weighted by atomic mass is 9.90. The third-order valence-electron chi connectivity index (χ3n) is 4.15. The average Bonchev–Trinajstić information content (AvgIpc) is 2.87. The minimum atomic E-state index is -1.19. The van der Waals surface area contributed by atoms with Crippen LogP contribution in [-0.2, 0) is 33.3 Å². The van der Waals surface area contributed by atoms with Gasteiger partial charge in [0.1, 0.15) is 12.2 Å². The molecule has 0 N–H and O–H groups in total. The molecule has 1 aliphatic carbocycles. The van der Waals surface area contributed by atoms with Crippen molar-refractivity contribution in [3.8, 4) is 0 Å².